The zero-order valence-electron chi connectivity index (χ0n) is 12.8. The van der Waals surface area contributed by atoms with Crippen molar-refractivity contribution in [2.45, 2.75) is 71.0 Å². The Hall–Kier alpha value is -0.300. The van der Waals surface area contributed by atoms with Crippen LogP contribution in [0.25, 0.3) is 0 Å². The fraction of sp³-hybridized carbons (Fsp3) is 0.929. The normalized spacial score (nSPS) is 14.0. The number of unbranched alkanes of at least 4 members (excludes halogenated alkanes) is 1. The molecule has 5 nitrogen and oxygen atoms in total. The highest BCUT2D eigenvalue weighted by Gasteiger charge is 2.17. The molecular weight excluding hydrogens is 280 g/mol. The quantitative estimate of drug-likeness (QED) is 0.236. The van der Waals surface area contributed by atoms with Gasteiger partial charge in [0, 0.05) is 17.3 Å². The van der Waals surface area contributed by atoms with Gasteiger partial charge in [0.15, 0.2) is 0 Å². The van der Waals surface area contributed by atoms with E-state index in [1.165, 1.54) is 6.42 Å². The molecule has 0 aliphatic heterocycles. The summed E-state index contributed by atoms with van der Waals surface area (Å²) in [5.41, 5.74) is 0. The van der Waals surface area contributed by atoms with E-state index in [1.807, 2.05) is 6.92 Å². The van der Waals surface area contributed by atoms with Crippen LogP contribution < -0.4 is 0 Å². The second-order valence-corrected chi connectivity index (χ2v) is 5.95. The molecule has 0 fully saturated rings. The van der Waals surface area contributed by atoms with Crippen LogP contribution in [0.3, 0.4) is 0 Å². The third-order valence-corrected chi connectivity index (χ3v) is 4.05. The SMILES string of the molecule is CCCCC(CC)COC(=O)CC(CCC)SOOO. The number of rotatable bonds is 13. The third-order valence-electron chi connectivity index (χ3n) is 3.23. The Labute approximate surface area is 126 Å². The molecule has 0 aromatic rings. The minimum atomic E-state index is -0.215. The molecule has 20 heavy (non-hydrogen) atoms. The van der Waals surface area contributed by atoms with Gasteiger partial charge in [-0.2, -0.15) is 0 Å². The topological polar surface area (TPSA) is 65.0 Å². The van der Waals surface area contributed by atoms with Crippen LogP contribution in [0.2, 0.25) is 0 Å². The number of hydrogen-bond donors (Lipinski definition) is 1. The van der Waals surface area contributed by atoms with E-state index in [1.54, 1.807) is 0 Å². The number of ether oxygens (including phenoxy) is 1. The van der Waals surface area contributed by atoms with Gasteiger partial charge < -0.3 is 4.74 Å². The first kappa shape index (κ1) is 19.7. The second kappa shape index (κ2) is 13.7. The number of carbonyl (C=O) groups excluding carboxylic acids is 1. The molecule has 6 heteroatoms. The fourth-order valence-corrected chi connectivity index (χ4v) is 2.62. The van der Waals surface area contributed by atoms with Crippen molar-refractivity contribution in [3.63, 3.8) is 0 Å². The standard InChI is InChI=1S/C14H28O5S/c1-4-7-9-12(6-3)11-17-14(15)10-13(8-5-2)20-19-18-16/h12-13,16H,4-11H2,1-3H3. The first-order valence-electron chi connectivity index (χ1n) is 7.46. The van der Waals surface area contributed by atoms with Crippen LogP contribution in [0.5, 0.6) is 0 Å². The van der Waals surface area contributed by atoms with Gasteiger partial charge in [-0.15, -0.1) is 4.33 Å². The lowest BCUT2D eigenvalue weighted by molar-refractivity contribution is -0.432. The van der Waals surface area contributed by atoms with Crippen LogP contribution in [-0.4, -0.2) is 23.1 Å². The summed E-state index contributed by atoms with van der Waals surface area (Å²) in [7, 11) is 0. The maximum absolute atomic E-state index is 11.8. The molecule has 0 radical (unpaired) electrons. The number of carbonyl (C=O) groups is 1. The Morgan fingerprint density at radius 1 is 1.20 bits per heavy atom. The van der Waals surface area contributed by atoms with Crippen molar-refractivity contribution in [1.29, 1.82) is 0 Å². The lowest BCUT2D eigenvalue weighted by Crippen LogP contribution is -2.18. The Morgan fingerprint density at radius 2 is 1.95 bits per heavy atom. The second-order valence-electron chi connectivity index (χ2n) is 4.95. The van der Waals surface area contributed by atoms with Crippen LogP contribution in [0, 0.1) is 5.92 Å². The van der Waals surface area contributed by atoms with Crippen molar-refractivity contribution < 1.29 is 24.2 Å². The largest absolute Gasteiger partial charge is 0.465 e. The molecule has 0 aliphatic rings. The average Bonchev–Trinajstić information content (AvgIpc) is 2.45. The zero-order chi connectivity index (χ0) is 15.2. The molecule has 0 aromatic heterocycles. The molecule has 0 spiro atoms. The summed E-state index contributed by atoms with van der Waals surface area (Å²) in [6.45, 7) is 6.80. The molecule has 0 bridgehead atoms. The molecule has 2 atom stereocenters. The van der Waals surface area contributed by atoms with Gasteiger partial charge in [-0.1, -0.05) is 51.5 Å². The molecule has 120 valence electrons. The Morgan fingerprint density at radius 3 is 2.50 bits per heavy atom. The van der Waals surface area contributed by atoms with Gasteiger partial charge >= 0.3 is 5.97 Å². The Balaban J connectivity index is 3.97. The van der Waals surface area contributed by atoms with E-state index in [4.69, 9.17) is 9.99 Å². The monoisotopic (exact) mass is 308 g/mol. The summed E-state index contributed by atoms with van der Waals surface area (Å²) >= 11 is 0.955. The van der Waals surface area contributed by atoms with Crippen molar-refractivity contribution in [2.75, 3.05) is 6.61 Å². The third kappa shape index (κ3) is 10.5. The highest BCUT2D eigenvalue weighted by molar-refractivity contribution is 7.95. The summed E-state index contributed by atoms with van der Waals surface area (Å²) in [5.74, 6) is 0.237. The molecule has 0 aliphatic carbocycles. The van der Waals surface area contributed by atoms with Gasteiger partial charge in [-0.25, -0.2) is 5.26 Å². The van der Waals surface area contributed by atoms with E-state index >= 15 is 0 Å². The fourth-order valence-electron chi connectivity index (χ4n) is 1.93. The van der Waals surface area contributed by atoms with E-state index in [0.717, 1.165) is 44.1 Å². The summed E-state index contributed by atoms with van der Waals surface area (Å²) < 4.78 is 9.75. The van der Waals surface area contributed by atoms with Gasteiger partial charge in [0.05, 0.1) is 13.0 Å². The van der Waals surface area contributed by atoms with E-state index in [0.29, 0.717) is 12.5 Å². The van der Waals surface area contributed by atoms with E-state index in [-0.39, 0.29) is 17.6 Å². The predicted octanol–water partition coefficient (Wildman–Crippen LogP) is 4.37. The summed E-state index contributed by atoms with van der Waals surface area (Å²) in [6, 6.07) is 0. The van der Waals surface area contributed by atoms with Gasteiger partial charge in [0.25, 0.3) is 0 Å². The highest BCUT2D eigenvalue weighted by Crippen LogP contribution is 2.22. The smallest absolute Gasteiger partial charge is 0.307 e. The molecule has 0 aromatic carbocycles. The lowest BCUT2D eigenvalue weighted by Gasteiger charge is -2.16. The first-order valence-corrected chi connectivity index (χ1v) is 8.27. The van der Waals surface area contributed by atoms with Crippen LogP contribution in [0.4, 0.5) is 0 Å². The zero-order valence-corrected chi connectivity index (χ0v) is 13.6. The maximum Gasteiger partial charge on any atom is 0.307 e. The minimum Gasteiger partial charge on any atom is -0.465 e. The summed E-state index contributed by atoms with van der Waals surface area (Å²) in [5, 5.41) is 11.7. The average molecular weight is 308 g/mol. The van der Waals surface area contributed by atoms with Crippen LogP contribution in [-0.2, 0) is 18.9 Å². The number of hydrogen-bond acceptors (Lipinski definition) is 6. The van der Waals surface area contributed by atoms with Gasteiger partial charge in [-0.05, 0) is 18.8 Å². The molecular formula is C14H28O5S. The van der Waals surface area contributed by atoms with Gasteiger partial charge in [0.1, 0.15) is 0 Å². The highest BCUT2D eigenvalue weighted by atomic mass is 32.2. The Kier molecular flexibility index (Phi) is 13.5. The lowest BCUT2D eigenvalue weighted by atomic mass is 10.0. The maximum atomic E-state index is 11.8. The number of esters is 1. The van der Waals surface area contributed by atoms with E-state index in [9.17, 15) is 4.79 Å². The molecule has 0 amide bonds. The summed E-state index contributed by atoms with van der Waals surface area (Å²) in [6.07, 6.45) is 6.47. The molecule has 0 saturated carbocycles. The van der Waals surface area contributed by atoms with Crippen molar-refractivity contribution in [1.82, 2.24) is 0 Å². The minimum absolute atomic E-state index is 0.0598. The van der Waals surface area contributed by atoms with Crippen LogP contribution in [0.1, 0.15) is 65.7 Å². The van der Waals surface area contributed by atoms with Crippen molar-refractivity contribution in [2.24, 2.45) is 5.92 Å². The molecule has 1 N–H and O–H groups in total. The van der Waals surface area contributed by atoms with Crippen LogP contribution in [0.15, 0.2) is 0 Å². The van der Waals surface area contributed by atoms with Crippen molar-refractivity contribution in [3.05, 3.63) is 0 Å². The Bertz CT molecular complexity index is 238. The molecule has 2 unspecified atom stereocenters. The van der Waals surface area contributed by atoms with Crippen molar-refractivity contribution in [3.8, 4) is 0 Å². The van der Waals surface area contributed by atoms with E-state index < -0.39 is 0 Å². The molecule has 0 saturated heterocycles. The van der Waals surface area contributed by atoms with Gasteiger partial charge in [-0.3, -0.25) is 4.79 Å². The molecule has 0 heterocycles. The molecule has 0 rings (SSSR count). The predicted molar refractivity (Wildman–Crippen MR) is 80.0 cm³/mol. The van der Waals surface area contributed by atoms with Gasteiger partial charge in [0.2, 0.25) is 0 Å². The van der Waals surface area contributed by atoms with Crippen LogP contribution >= 0.6 is 12.0 Å². The van der Waals surface area contributed by atoms with E-state index in [2.05, 4.69) is 23.2 Å². The summed E-state index contributed by atoms with van der Waals surface area (Å²) in [4.78, 5) is 11.8. The first-order chi connectivity index (χ1) is 9.67. The van der Waals surface area contributed by atoms with Crippen molar-refractivity contribution >= 4 is 18.0 Å².